The Morgan fingerprint density at radius 1 is 1.19 bits per heavy atom. The van der Waals surface area contributed by atoms with E-state index >= 15 is 0 Å². The van der Waals surface area contributed by atoms with Gasteiger partial charge in [0.1, 0.15) is 0 Å². The third-order valence-corrected chi connectivity index (χ3v) is 4.01. The molecule has 26 heavy (non-hydrogen) atoms. The number of carbonyl (C=O) groups is 1. The van der Waals surface area contributed by atoms with Crippen LogP contribution >= 0.6 is 11.6 Å². The van der Waals surface area contributed by atoms with Crippen LogP contribution in [-0.2, 0) is 10.0 Å². The molecule has 1 aromatic carbocycles. The number of anilines is 2. The zero-order valence-corrected chi connectivity index (χ0v) is 15.1. The Kier molecular flexibility index (Phi) is 4.92. The maximum Gasteiger partial charge on any atom is 0.258 e. The molecular weight excluding hydrogens is 378 g/mol. The van der Waals surface area contributed by atoms with Crippen LogP contribution in [0.25, 0.3) is 5.82 Å². The van der Waals surface area contributed by atoms with E-state index in [1.807, 2.05) is 6.07 Å². The number of hydrogen-bond acceptors (Lipinski definition) is 5. The zero-order valence-electron chi connectivity index (χ0n) is 13.5. The molecule has 3 aromatic rings. The highest BCUT2D eigenvalue weighted by molar-refractivity contribution is 7.92. The second-order valence-corrected chi connectivity index (χ2v) is 7.60. The fourth-order valence-electron chi connectivity index (χ4n) is 2.19. The minimum absolute atomic E-state index is 0.250. The van der Waals surface area contributed by atoms with Gasteiger partial charge in [0, 0.05) is 23.1 Å². The summed E-state index contributed by atoms with van der Waals surface area (Å²) in [7, 11) is -3.46. The Labute approximate surface area is 154 Å². The van der Waals surface area contributed by atoms with Crippen molar-refractivity contribution in [1.82, 2.24) is 14.8 Å². The fraction of sp³-hybridized carbons (Fsp3) is 0.0625. The van der Waals surface area contributed by atoms with Crippen molar-refractivity contribution in [1.29, 1.82) is 0 Å². The number of hydrogen-bond donors (Lipinski definition) is 2. The first-order valence-electron chi connectivity index (χ1n) is 7.36. The van der Waals surface area contributed by atoms with Crippen molar-refractivity contribution >= 4 is 38.9 Å². The van der Waals surface area contributed by atoms with E-state index in [-0.39, 0.29) is 10.7 Å². The van der Waals surface area contributed by atoms with Gasteiger partial charge in [-0.2, -0.15) is 5.10 Å². The maximum atomic E-state index is 12.4. The summed E-state index contributed by atoms with van der Waals surface area (Å²) in [6, 6.07) is 9.77. The van der Waals surface area contributed by atoms with Gasteiger partial charge in [0.05, 0.1) is 23.7 Å². The summed E-state index contributed by atoms with van der Waals surface area (Å²) < 4.78 is 26.5. The van der Waals surface area contributed by atoms with E-state index in [1.54, 1.807) is 18.3 Å². The lowest BCUT2D eigenvalue weighted by molar-refractivity contribution is 0.102. The molecule has 3 rings (SSSR count). The van der Waals surface area contributed by atoms with Gasteiger partial charge in [0.25, 0.3) is 5.91 Å². The number of benzene rings is 1. The fourth-order valence-corrected chi connectivity index (χ4v) is 2.97. The van der Waals surface area contributed by atoms with Crippen LogP contribution in [0.1, 0.15) is 10.4 Å². The van der Waals surface area contributed by atoms with E-state index < -0.39 is 15.9 Å². The molecule has 2 N–H and O–H groups in total. The normalized spacial score (nSPS) is 11.2. The topological polar surface area (TPSA) is 106 Å². The van der Waals surface area contributed by atoms with Crippen LogP contribution in [0.2, 0.25) is 5.02 Å². The lowest BCUT2D eigenvalue weighted by Gasteiger charge is -2.09. The molecule has 0 saturated carbocycles. The van der Waals surface area contributed by atoms with Gasteiger partial charge in [-0.15, -0.1) is 0 Å². The molecule has 1 amide bonds. The summed E-state index contributed by atoms with van der Waals surface area (Å²) in [6.45, 7) is 0. The quantitative estimate of drug-likeness (QED) is 0.695. The third kappa shape index (κ3) is 4.58. The number of rotatable bonds is 5. The summed E-state index contributed by atoms with van der Waals surface area (Å²) in [5, 5.41) is 7.04. The SMILES string of the molecule is CS(=O)(=O)Nc1cc(Cl)cc(NC(=O)c2cnn(-c3ccccn3)c2)c1. The first-order chi connectivity index (χ1) is 12.3. The summed E-state index contributed by atoms with van der Waals surface area (Å²) in [4.78, 5) is 16.5. The highest BCUT2D eigenvalue weighted by atomic mass is 35.5. The molecule has 0 aliphatic heterocycles. The average Bonchev–Trinajstić information content (AvgIpc) is 3.03. The summed E-state index contributed by atoms with van der Waals surface area (Å²) in [5.41, 5.74) is 0.909. The molecular formula is C16H14ClN5O3S. The Balaban J connectivity index is 1.79. The van der Waals surface area contributed by atoms with Crippen LogP contribution in [0.3, 0.4) is 0 Å². The summed E-state index contributed by atoms with van der Waals surface area (Å²) >= 11 is 5.98. The van der Waals surface area contributed by atoms with Crippen molar-refractivity contribution in [3.8, 4) is 5.82 Å². The van der Waals surface area contributed by atoms with E-state index in [2.05, 4.69) is 20.1 Å². The van der Waals surface area contributed by atoms with Gasteiger partial charge < -0.3 is 5.32 Å². The van der Waals surface area contributed by atoms with Gasteiger partial charge in [0.15, 0.2) is 5.82 Å². The Morgan fingerprint density at radius 2 is 1.96 bits per heavy atom. The van der Waals surface area contributed by atoms with Crippen molar-refractivity contribution in [2.45, 2.75) is 0 Å². The van der Waals surface area contributed by atoms with E-state index in [0.29, 0.717) is 17.1 Å². The molecule has 0 aliphatic carbocycles. The highest BCUT2D eigenvalue weighted by Crippen LogP contribution is 2.23. The molecule has 0 spiro atoms. The van der Waals surface area contributed by atoms with Crippen molar-refractivity contribution in [2.75, 3.05) is 16.3 Å². The zero-order chi connectivity index (χ0) is 18.7. The van der Waals surface area contributed by atoms with E-state index in [9.17, 15) is 13.2 Å². The van der Waals surface area contributed by atoms with E-state index in [4.69, 9.17) is 11.6 Å². The smallest absolute Gasteiger partial charge is 0.258 e. The van der Waals surface area contributed by atoms with Crippen LogP contribution in [-0.4, -0.2) is 35.3 Å². The van der Waals surface area contributed by atoms with Crippen molar-refractivity contribution in [3.63, 3.8) is 0 Å². The minimum Gasteiger partial charge on any atom is -0.322 e. The van der Waals surface area contributed by atoms with Gasteiger partial charge >= 0.3 is 0 Å². The van der Waals surface area contributed by atoms with Crippen molar-refractivity contribution in [3.05, 3.63) is 65.6 Å². The highest BCUT2D eigenvalue weighted by Gasteiger charge is 2.12. The molecule has 134 valence electrons. The van der Waals surface area contributed by atoms with Gasteiger partial charge in [-0.25, -0.2) is 18.1 Å². The second-order valence-electron chi connectivity index (χ2n) is 5.42. The molecule has 0 saturated heterocycles. The number of aromatic nitrogens is 3. The molecule has 0 unspecified atom stereocenters. The molecule has 10 heteroatoms. The van der Waals surface area contributed by atoms with Crippen LogP contribution in [0.4, 0.5) is 11.4 Å². The Hall–Kier alpha value is -2.91. The second kappa shape index (κ2) is 7.14. The summed E-state index contributed by atoms with van der Waals surface area (Å²) in [6.07, 6.45) is 5.60. The van der Waals surface area contributed by atoms with Crippen LogP contribution in [0.15, 0.2) is 55.0 Å². The third-order valence-electron chi connectivity index (χ3n) is 3.19. The molecule has 0 atom stereocenters. The van der Waals surface area contributed by atoms with Crippen molar-refractivity contribution < 1.29 is 13.2 Å². The number of amides is 1. The monoisotopic (exact) mass is 391 g/mol. The van der Waals surface area contributed by atoms with Gasteiger partial charge in [-0.1, -0.05) is 17.7 Å². The molecule has 0 bridgehead atoms. The number of nitrogens with one attached hydrogen (secondary N) is 2. The lowest BCUT2D eigenvalue weighted by Crippen LogP contribution is -2.13. The average molecular weight is 392 g/mol. The Bertz CT molecular complexity index is 1050. The number of pyridine rings is 1. The predicted molar refractivity (Wildman–Crippen MR) is 99.2 cm³/mol. The van der Waals surface area contributed by atoms with E-state index in [1.165, 1.54) is 35.3 Å². The number of halogens is 1. The van der Waals surface area contributed by atoms with Crippen LogP contribution in [0, 0.1) is 0 Å². The lowest BCUT2D eigenvalue weighted by atomic mass is 10.2. The molecule has 2 aromatic heterocycles. The standard InChI is InChI=1S/C16H14ClN5O3S/c1-26(24,25)21-14-7-12(17)6-13(8-14)20-16(23)11-9-19-22(10-11)15-4-2-3-5-18-15/h2-10,21H,1H3,(H,20,23). The first-order valence-corrected chi connectivity index (χ1v) is 9.63. The number of sulfonamides is 1. The van der Waals surface area contributed by atoms with Gasteiger partial charge in [-0.3, -0.25) is 9.52 Å². The van der Waals surface area contributed by atoms with Crippen LogP contribution < -0.4 is 10.0 Å². The molecule has 8 nitrogen and oxygen atoms in total. The maximum absolute atomic E-state index is 12.4. The largest absolute Gasteiger partial charge is 0.322 e. The molecule has 0 fully saturated rings. The molecule has 0 aliphatic rings. The first kappa shape index (κ1) is 17.9. The summed E-state index contributed by atoms with van der Waals surface area (Å²) in [5.74, 6) is 0.161. The molecule has 0 radical (unpaired) electrons. The van der Waals surface area contributed by atoms with Gasteiger partial charge in [0.2, 0.25) is 10.0 Å². The Morgan fingerprint density at radius 3 is 2.65 bits per heavy atom. The van der Waals surface area contributed by atoms with Gasteiger partial charge in [-0.05, 0) is 30.3 Å². The minimum atomic E-state index is -3.46. The van der Waals surface area contributed by atoms with Crippen molar-refractivity contribution in [2.24, 2.45) is 0 Å². The predicted octanol–water partition coefficient (Wildman–Crippen LogP) is 2.54. The van der Waals surface area contributed by atoms with Crippen LogP contribution in [0.5, 0.6) is 0 Å². The number of carbonyl (C=O) groups excluding carboxylic acids is 1. The molecule has 2 heterocycles. The van der Waals surface area contributed by atoms with E-state index in [0.717, 1.165) is 6.26 Å². The number of nitrogens with zero attached hydrogens (tertiary/aromatic N) is 3.